The Kier molecular flexibility index (Phi) is 4.08. The Morgan fingerprint density at radius 2 is 2.12 bits per heavy atom. The van der Waals surface area contributed by atoms with E-state index in [9.17, 15) is 5.11 Å². The van der Waals surface area contributed by atoms with Crippen LogP contribution in [0.3, 0.4) is 0 Å². The van der Waals surface area contributed by atoms with Gasteiger partial charge in [-0.05, 0) is 37.5 Å². The minimum atomic E-state index is -0.580. The van der Waals surface area contributed by atoms with Crippen molar-refractivity contribution in [3.8, 4) is 0 Å². The molecule has 0 radical (unpaired) electrons. The molecule has 0 aliphatic heterocycles. The molecule has 1 aromatic rings. The number of rotatable bonds is 4. The first kappa shape index (κ1) is 12.9. The zero-order chi connectivity index (χ0) is 12.3. The highest BCUT2D eigenvalue weighted by Crippen LogP contribution is 2.43. The molecule has 1 unspecified atom stereocenters. The van der Waals surface area contributed by atoms with Gasteiger partial charge in [0.25, 0.3) is 0 Å². The molecular weight excluding hydrogens is 236 g/mol. The van der Waals surface area contributed by atoms with E-state index in [2.05, 4.69) is 0 Å². The van der Waals surface area contributed by atoms with Crippen LogP contribution in [0.15, 0.2) is 24.3 Å². The van der Waals surface area contributed by atoms with Crippen LogP contribution in [0.4, 0.5) is 0 Å². The third-order valence-electron chi connectivity index (χ3n) is 3.54. The molecule has 1 aromatic carbocycles. The normalized spacial score (nSPS) is 20.4. The summed E-state index contributed by atoms with van der Waals surface area (Å²) in [5.74, 6) is 0. The van der Waals surface area contributed by atoms with Gasteiger partial charge in [-0.2, -0.15) is 0 Å². The molecule has 94 valence electrons. The van der Waals surface area contributed by atoms with E-state index >= 15 is 0 Å². The summed E-state index contributed by atoms with van der Waals surface area (Å²) < 4.78 is 5.85. The van der Waals surface area contributed by atoms with E-state index in [0.29, 0.717) is 11.6 Å². The van der Waals surface area contributed by atoms with Crippen molar-refractivity contribution in [1.82, 2.24) is 0 Å². The van der Waals surface area contributed by atoms with Crippen molar-refractivity contribution < 1.29 is 9.84 Å². The summed E-state index contributed by atoms with van der Waals surface area (Å²) in [5.41, 5.74) is 0.451. The summed E-state index contributed by atoms with van der Waals surface area (Å²) in [6, 6.07) is 7.43. The van der Waals surface area contributed by atoms with Crippen LogP contribution in [-0.2, 0) is 4.74 Å². The average molecular weight is 255 g/mol. The van der Waals surface area contributed by atoms with Crippen molar-refractivity contribution in [3.05, 3.63) is 34.9 Å². The van der Waals surface area contributed by atoms with Gasteiger partial charge in [-0.3, -0.25) is 0 Å². The molecule has 1 N–H and O–H groups in total. The smallest absolute Gasteiger partial charge is 0.108 e. The topological polar surface area (TPSA) is 29.5 Å². The highest BCUT2D eigenvalue weighted by Gasteiger charge is 2.42. The van der Waals surface area contributed by atoms with E-state index in [1.807, 2.05) is 31.2 Å². The van der Waals surface area contributed by atoms with Gasteiger partial charge in [-0.1, -0.05) is 36.6 Å². The second kappa shape index (κ2) is 5.38. The predicted octanol–water partition coefficient (Wildman–Crippen LogP) is 3.72. The molecule has 1 aliphatic carbocycles. The number of hydrogen-bond donors (Lipinski definition) is 1. The lowest BCUT2D eigenvalue weighted by Crippen LogP contribution is -2.36. The van der Waals surface area contributed by atoms with Gasteiger partial charge in [0.05, 0.1) is 5.60 Å². The molecule has 1 fully saturated rings. The summed E-state index contributed by atoms with van der Waals surface area (Å²) in [6.45, 7) is 2.61. The minimum absolute atomic E-state index is 0.403. The summed E-state index contributed by atoms with van der Waals surface area (Å²) in [5, 5.41) is 11.2. The van der Waals surface area contributed by atoms with Crippen molar-refractivity contribution in [1.29, 1.82) is 0 Å². The molecule has 2 nitrogen and oxygen atoms in total. The van der Waals surface area contributed by atoms with Gasteiger partial charge in [0, 0.05) is 11.6 Å². The fraction of sp³-hybridized carbons (Fsp3) is 0.571. The van der Waals surface area contributed by atoms with Crippen LogP contribution in [0.2, 0.25) is 5.02 Å². The molecule has 0 bridgehead atoms. The lowest BCUT2D eigenvalue weighted by molar-refractivity contribution is -0.118. The molecule has 1 atom stereocenters. The summed E-state index contributed by atoms with van der Waals surface area (Å²) in [4.78, 5) is 0. The van der Waals surface area contributed by atoms with Crippen LogP contribution in [0.25, 0.3) is 0 Å². The lowest BCUT2D eigenvalue weighted by atomic mass is 9.89. The van der Waals surface area contributed by atoms with Crippen LogP contribution in [-0.4, -0.2) is 17.3 Å². The third-order valence-corrected chi connectivity index (χ3v) is 3.78. The quantitative estimate of drug-likeness (QED) is 0.887. The van der Waals surface area contributed by atoms with Gasteiger partial charge in [-0.15, -0.1) is 0 Å². The molecule has 0 saturated heterocycles. The van der Waals surface area contributed by atoms with E-state index in [1.54, 1.807) is 0 Å². The Hall–Kier alpha value is -0.570. The second-order valence-corrected chi connectivity index (χ2v) is 5.10. The molecule has 1 saturated carbocycles. The molecule has 0 spiro atoms. The number of ether oxygens (including phenoxy) is 1. The number of hydrogen-bond acceptors (Lipinski definition) is 2. The largest absolute Gasteiger partial charge is 0.385 e. The maximum atomic E-state index is 10.5. The third kappa shape index (κ3) is 2.65. The van der Waals surface area contributed by atoms with E-state index in [0.717, 1.165) is 31.2 Å². The van der Waals surface area contributed by atoms with Crippen LogP contribution in [0.5, 0.6) is 0 Å². The Labute approximate surface area is 108 Å². The van der Waals surface area contributed by atoms with Gasteiger partial charge < -0.3 is 9.84 Å². The van der Waals surface area contributed by atoms with Gasteiger partial charge in [0.15, 0.2) is 0 Å². The van der Waals surface area contributed by atoms with E-state index < -0.39 is 11.7 Å². The summed E-state index contributed by atoms with van der Waals surface area (Å²) >= 11 is 5.97. The zero-order valence-corrected chi connectivity index (χ0v) is 10.9. The number of aliphatic hydroxyl groups is 1. The van der Waals surface area contributed by atoms with Crippen LogP contribution >= 0.6 is 11.6 Å². The average Bonchev–Trinajstić information content (AvgIpc) is 2.78. The second-order valence-electron chi connectivity index (χ2n) is 4.66. The fourth-order valence-corrected chi connectivity index (χ4v) is 2.94. The Balaban J connectivity index is 2.24. The minimum Gasteiger partial charge on any atom is -0.385 e. The highest BCUT2D eigenvalue weighted by atomic mass is 35.5. The lowest BCUT2D eigenvalue weighted by Gasteiger charge is -2.34. The molecule has 17 heavy (non-hydrogen) atoms. The van der Waals surface area contributed by atoms with Gasteiger partial charge in [-0.25, -0.2) is 0 Å². The maximum Gasteiger partial charge on any atom is 0.108 e. The van der Waals surface area contributed by atoms with Crippen molar-refractivity contribution in [3.63, 3.8) is 0 Å². The first-order valence-corrected chi connectivity index (χ1v) is 6.63. The van der Waals surface area contributed by atoms with Crippen LogP contribution in [0.1, 0.15) is 44.3 Å². The van der Waals surface area contributed by atoms with Crippen LogP contribution < -0.4 is 0 Å². The number of aliphatic hydroxyl groups excluding tert-OH is 1. The Morgan fingerprint density at radius 1 is 1.41 bits per heavy atom. The van der Waals surface area contributed by atoms with Gasteiger partial charge in [0.2, 0.25) is 0 Å². The standard InChI is InChI=1S/C14H19ClO2/c1-2-17-14(8-3-4-9-14)13(16)11-6-5-7-12(15)10-11/h5-7,10,13,16H,2-4,8-9H2,1H3. The number of halogens is 1. The van der Waals surface area contributed by atoms with Crippen molar-refractivity contribution >= 4 is 11.6 Å². The van der Waals surface area contributed by atoms with E-state index in [4.69, 9.17) is 16.3 Å². The Morgan fingerprint density at radius 3 is 2.71 bits per heavy atom. The van der Waals surface area contributed by atoms with E-state index in [1.165, 1.54) is 0 Å². The number of benzene rings is 1. The monoisotopic (exact) mass is 254 g/mol. The van der Waals surface area contributed by atoms with Gasteiger partial charge in [0.1, 0.15) is 6.10 Å². The maximum absolute atomic E-state index is 10.5. The van der Waals surface area contributed by atoms with Crippen LogP contribution in [0, 0.1) is 0 Å². The van der Waals surface area contributed by atoms with Gasteiger partial charge >= 0.3 is 0 Å². The fourth-order valence-electron chi connectivity index (χ4n) is 2.74. The molecule has 3 heteroatoms. The highest BCUT2D eigenvalue weighted by molar-refractivity contribution is 6.30. The van der Waals surface area contributed by atoms with E-state index in [-0.39, 0.29) is 0 Å². The summed E-state index contributed by atoms with van der Waals surface area (Å²) in [6.07, 6.45) is 3.52. The molecule has 0 heterocycles. The van der Waals surface area contributed by atoms with Crippen molar-refractivity contribution in [2.24, 2.45) is 0 Å². The molecule has 0 amide bonds. The first-order chi connectivity index (χ1) is 8.18. The SMILES string of the molecule is CCOC1(C(O)c2cccc(Cl)c2)CCCC1. The molecule has 1 aliphatic rings. The van der Waals surface area contributed by atoms with Crippen molar-refractivity contribution in [2.45, 2.75) is 44.3 Å². The van der Waals surface area contributed by atoms with Crippen molar-refractivity contribution in [2.75, 3.05) is 6.61 Å². The first-order valence-electron chi connectivity index (χ1n) is 6.25. The molecular formula is C14H19ClO2. The predicted molar refractivity (Wildman–Crippen MR) is 69.2 cm³/mol. The molecule has 2 rings (SSSR count). The Bertz CT molecular complexity index is 372. The zero-order valence-electron chi connectivity index (χ0n) is 10.2. The molecule has 0 aromatic heterocycles. The summed E-state index contributed by atoms with van der Waals surface area (Å²) in [7, 11) is 0.